The number of piperidine rings is 1. The lowest BCUT2D eigenvalue weighted by Crippen LogP contribution is -2.44. The van der Waals surface area contributed by atoms with Crippen LogP contribution >= 0.6 is 0 Å². The van der Waals surface area contributed by atoms with Gasteiger partial charge >= 0.3 is 0 Å². The first kappa shape index (κ1) is 25.4. The number of amides is 2. The van der Waals surface area contributed by atoms with Crippen LogP contribution in [0.3, 0.4) is 0 Å². The van der Waals surface area contributed by atoms with Crippen molar-refractivity contribution < 1.29 is 27.1 Å². The summed E-state index contributed by atoms with van der Waals surface area (Å²) in [4.78, 5) is 26.3. The minimum Gasteiger partial charge on any atom is -0.497 e. The van der Waals surface area contributed by atoms with Gasteiger partial charge in [0, 0.05) is 50.5 Å². The molecule has 1 aliphatic rings. The van der Waals surface area contributed by atoms with Gasteiger partial charge in [-0.25, -0.2) is 17.1 Å². The summed E-state index contributed by atoms with van der Waals surface area (Å²) in [6.07, 6.45) is 1.22. The van der Waals surface area contributed by atoms with Crippen molar-refractivity contribution in [2.24, 2.45) is 11.7 Å². The fraction of sp³-hybridized carbons (Fsp3) is 0.391. The van der Waals surface area contributed by atoms with Crippen LogP contribution in [0.1, 0.15) is 28.8 Å². The van der Waals surface area contributed by atoms with Crippen molar-refractivity contribution in [1.29, 1.82) is 0 Å². The number of nitrogens with two attached hydrogens (primary N) is 1. The van der Waals surface area contributed by atoms with Gasteiger partial charge in [0.2, 0.25) is 15.9 Å². The molecule has 3 rings (SSSR count). The van der Waals surface area contributed by atoms with E-state index in [1.807, 2.05) is 0 Å². The Labute approximate surface area is 198 Å². The largest absolute Gasteiger partial charge is 0.497 e. The molecule has 0 saturated carbocycles. The molecule has 0 unspecified atom stereocenters. The molecule has 1 atom stereocenters. The molecule has 184 valence electrons. The number of hydrogen-bond acceptors (Lipinski definition) is 6. The predicted octanol–water partition coefficient (Wildman–Crippen LogP) is 2.03. The van der Waals surface area contributed by atoms with Crippen molar-refractivity contribution in [3.05, 3.63) is 53.3 Å². The van der Waals surface area contributed by atoms with Gasteiger partial charge in [-0.3, -0.25) is 9.59 Å². The molecule has 0 aromatic heterocycles. The van der Waals surface area contributed by atoms with Crippen molar-refractivity contribution in [1.82, 2.24) is 9.21 Å². The maximum Gasteiger partial charge on any atom is 0.253 e. The Balaban J connectivity index is 1.94. The monoisotopic (exact) mass is 492 g/mol. The molecular weight excluding hydrogens is 463 g/mol. The molecular formula is C23H29FN4O5S. The van der Waals surface area contributed by atoms with E-state index in [-0.39, 0.29) is 23.5 Å². The molecule has 2 aromatic carbocycles. The van der Waals surface area contributed by atoms with Crippen molar-refractivity contribution in [3.8, 4) is 5.75 Å². The summed E-state index contributed by atoms with van der Waals surface area (Å²) < 4.78 is 46.1. The summed E-state index contributed by atoms with van der Waals surface area (Å²) in [7, 11) is 0.403. The van der Waals surface area contributed by atoms with Gasteiger partial charge in [0.1, 0.15) is 11.6 Å². The van der Waals surface area contributed by atoms with Crippen LogP contribution in [0.4, 0.5) is 10.1 Å². The molecule has 3 N–H and O–H groups in total. The number of sulfonamides is 1. The van der Waals surface area contributed by atoms with Gasteiger partial charge in [-0.15, -0.1) is 0 Å². The van der Waals surface area contributed by atoms with Gasteiger partial charge < -0.3 is 20.7 Å². The zero-order valence-corrected chi connectivity index (χ0v) is 20.2. The number of carbonyl (C=O) groups is 2. The molecule has 0 bridgehead atoms. The van der Waals surface area contributed by atoms with E-state index >= 15 is 0 Å². The van der Waals surface area contributed by atoms with Crippen LogP contribution in [0.5, 0.6) is 5.75 Å². The Morgan fingerprint density at radius 1 is 1.24 bits per heavy atom. The minimum absolute atomic E-state index is 0.0373. The molecule has 9 nitrogen and oxygen atoms in total. The van der Waals surface area contributed by atoms with Gasteiger partial charge in [-0.1, -0.05) is 0 Å². The van der Waals surface area contributed by atoms with Crippen LogP contribution in [0.2, 0.25) is 0 Å². The van der Waals surface area contributed by atoms with Crippen LogP contribution in [-0.4, -0.2) is 63.7 Å². The summed E-state index contributed by atoms with van der Waals surface area (Å²) in [6, 6.07) is 8.53. The Kier molecular flexibility index (Phi) is 7.78. The fourth-order valence-corrected chi connectivity index (χ4v) is 4.75. The lowest BCUT2D eigenvalue weighted by atomic mass is 9.97. The zero-order chi connectivity index (χ0) is 25.0. The highest BCUT2D eigenvalue weighted by molar-refractivity contribution is 7.89. The summed E-state index contributed by atoms with van der Waals surface area (Å²) in [5, 5.41) is 3.01. The predicted molar refractivity (Wildman–Crippen MR) is 125 cm³/mol. The molecule has 1 heterocycles. The smallest absolute Gasteiger partial charge is 0.253 e. The number of nitrogens with zero attached hydrogens (tertiary/aromatic N) is 2. The number of ether oxygens (including phenoxy) is 1. The third-order valence-electron chi connectivity index (χ3n) is 5.78. The minimum atomic E-state index is -3.86. The van der Waals surface area contributed by atoms with Crippen molar-refractivity contribution >= 4 is 27.5 Å². The van der Waals surface area contributed by atoms with Crippen molar-refractivity contribution in [3.63, 3.8) is 0 Å². The van der Waals surface area contributed by atoms with E-state index in [0.29, 0.717) is 36.4 Å². The number of carbonyl (C=O) groups excluding carboxylic acids is 2. The second-order valence-corrected chi connectivity index (χ2v) is 10.5. The van der Waals surface area contributed by atoms with E-state index in [2.05, 4.69) is 5.32 Å². The molecule has 11 heteroatoms. The quantitative estimate of drug-likeness (QED) is 0.582. The first-order valence-electron chi connectivity index (χ1n) is 10.8. The average molecular weight is 493 g/mol. The molecule has 1 fully saturated rings. The van der Waals surface area contributed by atoms with E-state index in [9.17, 15) is 22.4 Å². The molecule has 2 aromatic rings. The van der Waals surface area contributed by atoms with E-state index in [4.69, 9.17) is 10.5 Å². The maximum absolute atomic E-state index is 14.2. The average Bonchev–Trinajstić information content (AvgIpc) is 2.82. The van der Waals surface area contributed by atoms with E-state index in [0.717, 1.165) is 4.31 Å². The number of nitrogens with one attached hydrogen (secondary N) is 1. The molecule has 2 amide bonds. The third-order valence-corrected chi connectivity index (χ3v) is 7.57. The van der Waals surface area contributed by atoms with Crippen molar-refractivity contribution in [2.45, 2.75) is 24.3 Å². The lowest BCUT2D eigenvalue weighted by Gasteiger charge is -2.31. The van der Waals surface area contributed by atoms with Crippen LogP contribution < -0.4 is 15.8 Å². The first-order chi connectivity index (χ1) is 16.0. The molecule has 0 aliphatic carbocycles. The van der Waals surface area contributed by atoms with Gasteiger partial charge in [0.05, 0.1) is 17.9 Å². The van der Waals surface area contributed by atoms with E-state index < -0.39 is 33.6 Å². The van der Waals surface area contributed by atoms with E-state index in [1.54, 1.807) is 0 Å². The van der Waals surface area contributed by atoms with Gasteiger partial charge in [0.15, 0.2) is 0 Å². The number of rotatable bonds is 8. The standard InChI is InChI=1S/C23H29FN4O5S/c1-27(2)34(31,32)20-11-16(23(30)28-8-4-5-15(14-28)22(25)29)9-18(12-20)26-13-17-10-19(33-3)6-7-21(17)24/h6-7,9-12,15,26H,4-5,8,13-14H2,1-3H3,(H2,25,29)/t15-/m0/s1. The van der Waals surface area contributed by atoms with Crippen LogP contribution in [0.25, 0.3) is 0 Å². The number of primary amides is 1. The molecule has 0 radical (unpaired) electrons. The second-order valence-electron chi connectivity index (χ2n) is 8.34. The Hall–Kier alpha value is -3.18. The van der Waals surface area contributed by atoms with Crippen LogP contribution in [0, 0.1) is 11.7 Å². The number of likely N-dealkylation sites (tertiary alicyclic amines) is 1. The van der Waals surface area contributed by atoms with Crippen molar-refractivity contribution in [2.75, 3.05) is 39.6 Å². The summed E-state index contributed by atoms with van der Waals surface area (Å²) in [6.45, 7) is 0.650. The number of halogens is 1. The Bertz CT molecular complexity index is 1190. The number of anilines is 1. The third kappa shape index (κ3) is 5.65. The van der Waals surface area contributed by atoms with Crippen LogP contribution in [0.15, 0.2) is 41.3 Å². The number of benzene rings is 2. The normalized spacial score (nSPS) is 16.4. The highest BCUT2D eigenvalue weighted by Crippen LogP contribution is 2.25. The first-order valence-corrected chi connectivity index (χ1v) is 12.2. The second kappa shape index (κ2) is 10.4. The zero-order valence-electron chi connectivity index (χ0n) is 19.4. The molecule has 0 spiro atoms. The van der Waals surface area contributed by atoms with Gasteiger partial charge in [-0.2, -0.15) is 0 Å². The summed E-state index contributed by atoms with van der Waals surface area (Å²) in [5.74, 6) is -1.29. The Morgan fingerprint density at radius 2 is 1.97 bits per heavy atom. The topological polar surface area (TPSA) is 122 Å². The highest BCUT2D eigenvalue weighted by atomic mass is 32.2. The summed E-state index contributed by atoms with van der Waals surface area (Å²) >= 11 is 0. The number of methoxy groups -OCH3 is 1. The molecule has 34 heavy (non-hydrogen) atoms. The van der Waals surface area contributed by atoms with Crippen LogP contribution in [-0.2, 0) is 21.4 Å². The Morgan fingerprint density at radius 3 is 2.62 bits per heavy atom. The SMILES string of the molecule is COc1ccc(F)c(CNc2cc(C(=O)N3CCC[C@H](C(N)=O)C3)cc(S(=O)(=O)N(C)C)c2)c1. The highest BCUT2D eigenvalue weighted by Gasteiger charge is 2.29. The van der Waals surface area contributed by atoms with E-state index in [1.165, 1.54) is 62.5 Å². The van der Waals surface area contributed by atoms with Gasteiger partial charge in [-0.05, 0) is 49.2 Å². The fourth-order valence-electron chi connectivity index (χ4n) is 3.77. The number of hydrogen-bond donors (Lipinski definition) is 2. The molecule has 1 saturated heterocycles. The summed E-state index contributed by atoms with van der Waals surface area (Å²) in [5.41, 5.74) is 6.21. The molecule has 1 aliphatic heterocycles. The lowest BCUT2D eigenvalue weighted by molar-refractivity contribution is -0.123. The maximum atomic E-state index is 14.2. The van der Waals surface area contributed by atoms with Gasteiger partial charge in [0.25, 0.3) is 5.91 Å².